The molecular formula is C19H18ClN3O3. The number of aromatic hydroxyl groups is 1. The van der Waals surface area contributed by atoms with E-state index in [4.69, 9.17) is 11.6 Å². The van der Waals surface area contributed by atoms with Gasteiger partial charge < -0.3 is 10.2 Å². The van der Waals surface area contributed by atoms with Crippen LogP contribution in [0.3, 0.4) is 0 Å². The van der Waals surface area contributed by atoms with Crippen molar-refractivity contribution in [1.82, 2.24) is 15.0 Å². The third kappa shape index (κ3) is 3.01. The Morgan fingerprint density at radius 2 is 1.81 bits per heavy atom. The summed E-state index contributed by atoms with van der Waals surface area (Å²) in [5.41, 5.74) is 2.26. The van der Waals surface area contributed by atoms with Gasteiger partial charge in [-0.25, -0.2) is 4.79 Å². The zero-order valence-electron chi connectivity index (χ0n) is 14.0. The van der Waals surface area contributed by atoms with Crippen molar-refractivity contribution in [2.45, 2.75) is 38.0 Å². The summed E-state index contributed by atoms with van der Waals surface area (Å²) in [6.07, 6.45) is 5.23. The zero-order chi connectivity index (χ0) is 18.3. The van der Waals surface area contributed by atoms with Crippen LogP contribution in [0.15, 0.2) is 30.3 Å². The van der Waals surface area contributed by atoms with Gasteiger partial charge in [-0.1, -0.05) is 30.9 Å². The number of phenols is 1. The molecule has 0 bridgehead atoms. The summed E-state index contributed by atoms with van der Waals surface area (Å²) in [5.74, 6) is -0.836. The highest BCUT2D eigenvalue weighted by molar-refractivity contribution is 6.31. The number of hydrogen-bond acceptors (Lipinski definition) is 4. The molecule has 26 heavy (non-hydrogen) atoms. The number of aromatic carboxylic acids is 1. The Morgan fingerprint density at radius 1 is 1.08 bits per heavy atom. The average Bonchev–Trinajstić information content (AvgIpc) is 3.05. The highest BCUT2D eigenvalue weighted by Gasteiger charge is 2.24. The lowest BCUT2D eigenvalue weighted by atomic mass is 9.83. The first-order valence-electron chi connectivity index (χ1n) is 8.66. The largest absolute Gasteiger partial charge is 0.505 e. The van der Waals surface area contributed by atoms with E-state index in [1.54, 1.807) is 24.3 Å². The second-order valence-electron chi connectivity index (χ2n) is 6.70. The van der Waals surface area contributed by atoms with Crippen molar-refractivity contribution in [3.8, 4) is 11.4 Å². The van der Waals surface area contributed by atoms with Gasteiger partial charge in [-0.2, -0.15) is 0 Å². The molecule has 1 aliphatic carbocycles. The van der Waals surface area contributed by atoms with Gasteiger partial charge in [0.25, 0.3) is 0 Å². The molecule has 0 saturated heterocycles. The molecular weight excluding hydrogens is 354 g/mol. The third-order valence-corrected chi connectivity index (χ3v) is 5.20. The molecule has 4 rings (SSSR count). The van der Waals surface area contributed by atoms with Gasteiger partial charge in [-0.3, -0.25) is 0 Å². The van der Waals surface area contributed by atoms with E-state index in [-0.39, 0.29) is 22.9 Å². The molecule has 0 spiro atoms. The van der Waals surface area contributed by atoms with Crippen LogP contribution in [0, 0.1) is 0 Å². The molecule has 0 radical (unpaired) electrons. The fraction of sp³-hybridized carbons (Fsp3) is 0.316. The molecule has 1 aromatic heterocycles. The molecule has 1 fully saturated rings. The minimum absolute atomic E-state index is 0.0494. The molecule has 2 aromatic carbocycles. The monoisotopic (exact) mass is 371 g/mol. The highest BCUT2D eigenvalue weighted by Crippen LogP contribution is 2.40. The Morgan fingerprint density at radius 3 is 2.54 bits per heavy atom. The van der Waals surface area contributed by atoms with Crippen molar-refractivity contribution in [3.63, 3.8) is 0 Å². The maximum absolute atomic E-state index is 11.6. The van der Waals surface area contributed by atoms with E-state index in [2.05, 4.69) is 10.2 Å². The first-order valence-corrected chi connectivity index (χ1v) is 9.04. The van der Waals surface area contributed by atoms with E-state index in [1.807, 2.05) is 0 Å². The third-order valence-electron chi connectivity index (χ3n) is 4.97. The number of halogens is 1. The van der Waals surface area contributed by atoms with Crippen molar-refractivity contribution in [2.75, 3.05) is 0 Å². The van der Waals surface area contributed by atoms with Gasteiger partial charge in [0.2, 0.25) is 0 Å². The minimum atomic E-state index is -1.04. The van der Waals surface area contributed by atoms with E-state index in [0.29, 0.717) is 21.6 Å². The van der Waals surface area contributed by atoms with Crippen molar-refractivity contribution in [2.24, 2.45) is 0 Å². The van der Waals surface area contributed by atoms with E-state index in [9.17, 15) is 15.0 Å². The summed E-state index contributed by atoms with van der Waals surface area (Å²) in [6, 6.07) is 8.12. The second kappa shape index (κ2) is 6.61. The van der Waals surface area contributed by atoms with E-state index < -0.39 is 5.97 Å². The molecule has 0 amide bonds. The number of nitrogens with zero attached hydrogens (tertiary/aromatic N) is 3. The van der Waals surface area contributed by atoms with Crippen LogP contribution in [-0.4, -0.2) is 31.2 Å². The normalized spacial score (nSPS) is 15.4. The first-order chi connectivity index (χ1) is 12.5. The smallest absolute Gasteiger partial charge is 0.335 e. The predicted molar refractivity (Wildman–Crippen MR) is 98.3 cm³/mol. The maximum Gasteiger partial charge on any atom is 0.335 e. The SMILES string of the molecule is O=C(O)c1cc(C2CCCCC2)c(O)c(-n2nc3ccc(Cl)cc3n2)c1. The average molecular weight is 372 g/mol. The molecule has 134 valence electrons. The lowest BCUT2D eigenvalue weighted by Gasteiger charge is -2.24. The van der Waals surface area contributed by atoms with Crippen LogP contribution in [0.25, 0.3) is 16.7 Å². The molecule has 0 unspecified atom stereocenters. The van der Waals surface area contributed by atoms with Gasteiger partial charge >= 0.3 is 5.97 Å². The van der Waals surface area contributed by atoms with Gasteiger partial charge in [0.05, 0.1) is 5.56 Å². The molecule has 3 aromatic rings. The van der Waals surface area contributed by atoms with Gasteiger partial charge in [0.1, 0.15) is 22.5 Å². The van der Waals surface area contributed by atoms with Crippen LogP contribution in [0.1, 0.15) is 53.9 Å². The molecule has 1 saturated carbocycles. The number of carbonyl (C=O) groups is 1. The first kappa shape index (κ1) is 16.8. The molecule has 7 heteroatoms. The molecule has 1 heterocycles. The van der Waals surface area contributed by atoms with Crippen LogP contribution in [-0.2, 0) is 0 Å². The van der Waals surface area contributed by atoms with Crippen LogP contribution >= 0.6 is 11.6 Å². The predicted octanol–water partition coefficient (Wildman–Crippen LogP) is 4.53. The van der Waals surface area contributed by atoms with Gasteiger partial charge in [-0.05, 0) is 49.1 Å². The highest BCUT2D eigenvalue weighted by atomic mass is 35.5. The summed E-state index contributed by atoms with van der Waals surface area (Å²) < 4.78 is 0. The summed E-state index contributed by atoms with van der Waals surface area (Å²) in [4.78, 5) is 12.9. The quantitative estimate of drug-likeness (QED) is 0.706. The summed E-state index contributed by atoms with van der Waals surface area (Å²) in [5, 5.41) is 29.6. The number of aromatic nitrogens is 3. The van der Waals surface area contributed by atoms with Crippen LogP contribution < -0.4 is 0 Å². The van der Waals surface area contributed by atoms with Gasteiger partial charge in [0, 0.05) is 10.6 Å². The Kier molecular flexibility index (Phi) is 4.28. The fourth-order valence-electron chi connectivity index (χ4n) is 3.64. The Bertz CT molecular complexity index is 993. The Balaban J connectivity index is 1.88. The molecule has 2 N–H and O–H groups in total. The number of rotatable bonds is 3. The lowest BCUT2D eigenvalue weighted by Crippen LogP contribution is -2.10. The number of carboxylic acid groups (broad SMARTS) is 1. The Labute approximate surface area is 155 Å². The lowest BCUT2D eigenvalue weighted by molar-refractivity contribution is 0.0696. The van der Waals surface area contributed by atoms with Crippen molar-refractivity contribution in [1.29, 1.82) is 0 Å². The molecule has 6 nitrogen and oxygen atoms in total. The van der Waals surface area contributed by atoms with Crippen molar-refractivity contribution < 1.29 is 15.0 Å². The minimum Gasteiger partial charge on any atom is -0.505 e. The van der Waals surface area contributed by atoms with E-state index in [0.717, 1.165) is 25.7 Å². The van der Waals surface area contributed by atoms with E-state index in [1.165, 1.54) is 17.3 Å². The second-order valence-corrected chi connectivity index (χ2v) is 7.13. The zero-order valence-corrected chi connectivity index (χ0v) is 14.8. The molecule has 0 aliphatic heterocycles. The maximum atomic E-state index is 11.6. The van der Waals surface area contributed by atoms with Crippen LogP contribution in [0.2, 0.25) is 5.02 Å². The van der Waals surface area contributed by atoms with Crippen molar-refractivity contribution in [3.05, 3.63) is 46.5 Å². The number of phenolic OH excluding ortho intramolecular Hbond substituents is 1. The number of carboxylic acids is 1. The number of benzene rings is 2. The number of hydrogen-bond donors (Lipinski definition) is 2. The number of fused-ring (bicyclic) bond motifs is 1. The molecule has 1 aliphatic rings. The standard InChI is InChI=1S/C19H18ClN3O3/c20-13-6-7-15-16(10-13)22-23(21-15)17-9-12(19(25)26)8-14(18(17)24)11-4-2-1-3-5-11/h6-11,24H,1-5H2,(H,25,26). The van der Waals surface area contributed by atoms with Crippen LogP contribution in [0.5, 0.6) is 5.75 Å². The van der Waals surface area contributed by atoms with Gasteiger partial charge in [0.15, 0.2) is 0 Å². The Hall–Kier alpha value is -2.60. The van der Waals surface area contributed by atoms with Gasteiger partial charge in [-0.15, -0.1) is 15.0 Å². The topological polar surface area (TPSA) is 88.2 Å². The van der Waals surface area contributed by atoms with E-state index >= 15 is 0 Å². The summed E-state index contributed by atoms with van der Waals surface area (Å²) in [6.45, 7) is 0. The fourth-order valence-corrected chi connectivity index (χ4v) is 3.80. The van der Waals surface area contributed by atoms with Crippen molar-refractivity contribution >= 4 is 28.6 Å². The van der Waals surface area contributed by atoms with Crippen LogP contribution in [0.4, 0.5) is 0 Å². The summed E-state index contributed by atoms with van der Waals surface area (Å²) >= 11 is 5.99. The molecule has 0 atom stereocenters. The summed E-state index contributed by atoms with van der Waals surface area (Å²) in [7, 11) is 0.